The third-order valence-electron chi connectivity index (χ3n) is 5.34. The maximum atomic E-state index is 12.7. The summed E-state index contributed by atoms with van der Waals surface area (Å²) in [6, 6.07) is 13.1. The van der Waals surface area contributed by atoms with Gasteiger partial charge in [-0.3, -0.25) is 4.79 Å². The summed E-state index contributed by atoms with van der Waals surface area (Å²) in [6.07, 6.45) is 1.28. The normalized spacial score (nSPS) is 17.8. The van der Waals surface area contributed by atoms with Crippen LogP contribution in [0.25, 0.3) is 11.4 Å². The molecule has 160 valence electrons. The molecule has 8 heteroatoms. The molecule has 1 fully saturated rings. The van der Waals surface area contributed by atoms with E-state index in [4.69, 9.17) is 18.7 Å². The lowest BCUT2D eigenvalue weighted by Crippen LogP contribution is -2.24. The molecule has 3 aromatic rings. The highest BCUT2D eigenvalue weighted by Gasteiger charge is 2.35. The maximum absolute atomic E-state index is 12.7. The molecular formula is C23H23N3O5. The lowest BCUT2D eigenvalue weighted by molar-refractivity contribution is -0.117. The first kappa shape index (κ1) is 19.4. The number of hydrogen-bond donors (Lipinski definition) is 0. The van der Waals surface area contributed by atoms with Crippen molar-refractivity contribution in [3.05, 3.63) is 48.4 Å². The highest BCUT2D eigenvalue weighted by molar-refractivity contribution is 5.96. The van der Waals surface area contributed by atoms with Crippen molar-refractivity contribution in [1.82, 2.24) is 10.1 Å². The Morgan fingerprint density at radius 3 is 2.71 bits per heavy atom. The zero-order chi connectivity index (χ0) is 21.2. The average Bonchev–Trinajstić information content (AvgIpc) is 3.45. The number of carbonyl (C=O) groups is 1. The van der Waals surface area contributed by atoms with Crippen LogP contribution in [0.4, 0.5) is 5.69 Å². The molecule has 2 aliphatic rings. The lowest BCUT2D eigenvalue weighted by atomic mass is 10.1. The minimum Gasteiger partial charge on any atom is -0.494 e. The molecular weight excluding hydrogens is 398 g/mol. The number of carbonyl (C=O) groups excluding carboxylic acids is 1. The standard InChI is InChI=1S/C23H23N3O5/c1-2-9-28-18-6-3-15(4-7-18)22-24-23(31-25-22)16-12-21(27)26(14-16)17-5-8-19-20(13-17)30-11-10-29-19/h3-8,13,16H,2,9-12,14H2,1H3. The quantitative estimate of drug-likeness (QED) is 0.598. The molecule has 31 heavy (non-hydrogen) atoms. The SMILES string of the molecule is CCCOc1ccc(-c2noc(C3CC(=O)N(c4ccc5c(c4)OCCO5)C3)n2)cc1. The molecule has 2 aromatic carbocycles. The van der Waals surface area contributed by atoms with E-state index in [-0.39, 0.29) is 11.8 Å². The van der Waals surface area contributed by atoms with E-state index >= 15 is 0 Å². The number of hydrogen-bond acceptors (Lipinski definition) is 7. The molecule has 0 N–H and O–H groups in total. The molecule has 0 radical (unpaired) electrons. The third-order valence-corrected chi connectivity index (χ3v) is 5.34. The molecule has 5 rings (SSSR count). The van der Waals surface area contributed by atoms with E-state index in [2.05, 4.69) is 17.1 Å². The van der Waals surface area contributed by atoms with Gasteiger partial charge < -0.3 is 23.6 Å². The summed E-state index contributed by atoms with van der Waals surface area (Å²) in [4.78, 5) is 19.0. The Balaban J connectivity index is 1.30. The van der Waals surface area contributed by atoms with Crippen LogP contribution in [-0.4, -0.2) is 42.4 Å². The van der Waals surface area contributed by atoms with Crippen LogP contribution in [0.3, 0.4) is 0 Å². The molecule has 1 saturated heterocycles. The van der Waals surface area contributed by atoms with Gasteiger partial charge in [0.05, 0.1) is 12.5 Å². The van der Waals surface area contributed by atoms with Gasteiger partial charge in [0.2, 0.25) is 17.6 Å². The Morgan fingerprint density at radius 2 is 1.90 bits per heavy atom. The van der Waals surface area contributed by atoms with E-state index < -0.39 is 0 Å². The second-order valence-electron chi connectivity index (χ2n) is 7.56. The first-order valence-corrected chi connectivity index (χ1v) is 10.5. The minimum atomic E-state index is -0.158. The van der Waals surface area contributed by atoms with Crippen molar-refractivity contribution in [2.75, 3.05) is 31.3 Å². The topological polar surface area (TPSA) is 86.9 Å². The molecule has 0 bridgehead atoms. The van der Waals surface area contributed by atoms with E-state index in [0.717, 1.165) is 23.4 Å². The van der Waals surface area contributed by atoms with Gasteiger partial charge in [-0.2, -0.15) is 4.98 Å². The summed E-state index contributed by atoms with van der Waals surface area (Å²) in [7, 11) is 0. The van der Waals surface area contributed by atoms with Crippen molar-refractivity contribution in [1.29, 1.82) is 0 Å². The molecule has 0 spiro atoms. The summed E-state index contributed by atoms with van der Waals surface area (Å²) in [5, 5.41) is 4.11. The molecule has 2 aliphatic heterocycles. The number of fused-ring (bicyclic) bond motifs is 1. The highest BCUT2D eigenvalue weighted by Crippen LogP contribution is 2.37. The number of ether oxygens (including phenoxy) is 3. The fraction of sp³-hybridized carbons (Fsp3) is 0.348. The van der Waals surface area contributed by atoms with Crippen LogP contribution in [0, 0.1) is 0 Å². The number of benzene rings is 2. The average molecular weight is 421 g/mol. The Bertz CT molecular complexity index is 1080. The van der Waals surface area contributed by atoms with Gasteiger partial charge in [-0.05, 0) is 42.8 Å². The van der Waals surface area contributed by atoms with Crippen LogP contribution in [0.15, 0.2) is 47.0 Å². The molecule has 1 atom stereocenters. The second-order valence-corrected chi connectivity index (χ2v) is 7.56. The smallest absolute Gasteiger partial charge is 0.232 e. The summed E-state index contributed by atoms with van der Waals surface area (Å²) in [5.41, 5.74) is 1.62. The monoisotopic (exact) mass is 421 g/mol. The van der Waals surface area contributed by atoms with Crippen molar-refractivity contribution in [2.45, 2.75) is 25.7 Å². The molecule has 1 amide bonds. The number of aromatic nitrogens is 2. The second kappa shape index (κ2) is 8.29. The van der Waals surface area contributed by atoms with E-state index in [9.17, 15) is 4.79 Å². The fourth-order valence-electron chi connectivity index (χ4n) is 3.76. The highest BCUT2D eigenvalue weighted by atomic mass is 16.6. The Labute approximate surface area is 179 Å². The van der Waals surface area contributed by atoms with Gasteiger partial charge in [0, 0.05) is 30.3 Å². The molecule has 1 aromatic heterocycles. The Hall–Kier alpha value is -3.55. The number of nitrogens with zero attached hydrogens (tertiary/aromatic N) is 3. The first-order chi connectivity index (χ1) is 15.2. The Kier molecular flexibility index (Phi) is 5.19. The lowest BCUT2D eigenvalue weighted by Gasteiger charge is -2.22. The number of anilines is 1. The van der Waals surface area contributed by atoms with E-state index in [0.29, 0.717) is 56.0 Å². The van der Waals surface area contributed by atoms with Gasteiger partial charge in [0.1, 0.15) is 19.0 Å². The van der Waals surface area contributed by atoms with Gasteiger partial charge in [-0.15, -0.1) is 0 Å². The fourth-order valence-corrected chi connectivity index (χ4v) is 3.76. The minimum absolute atomic E-state index is 0.0128. The van der Waals surface area contributed by atoms with E-state index in [1.54, 1.807) is 4.90 Å². The third kappa shape index (κ3) is 3.93. The van der Waals surface area contributed by atoms with E-state index in [1.807, 2.05) is 42.5 Å². The molecule has 8 nitrogen and oxygen atoms in total. The van der Waals surface area contributed by atoms with Gasteiger partial charge in [-0.25, -0.2) is 0 Å². The van der Waals surface area contributed by atoms with Crippen molar-refractivity contribution < 1.29 is 23.5 Å². The van der Waals surface area contributed by atoms with Crippen molar-refractivity contribution in [2.24, 2.45) is 0 Å². The van der Waals surface area contributed by atoms with Crippen molar-refractivity contribution in [3.63, 3.8) is 0 Å². The van der Waals surface area contributed by atoms with Gasteiger partial charge in [0.25, 0.3) is 0 Å². The van der Waals surface area contributed by atoms with Crippen LogP contribution in [0.2, 0.25) is 0 Å². The summed E-state index contributed by atoms with van der Waals surface area (Å²) < 4.78 is 22.3. The van der Waals surface area contributed by atoms with Crippen LogP contribution in [-0.2, 0) is 4.79 Å². The maximum Gasteiger partial charge on any atom is 0.232 e. The van der Waals surface area contributed by atoms with Crippen LogP contribution in [0.1, 0.15) is 31.6 Å². The zero-order valence-corrected chi connectivity index (χ0v) is 17.2. The number of amides is 1. The molecule has 1 unspecified atom stereocenters. The van der Waals surface area contributed by atoms with Gasteiger partial charge >= 0.3 is 0 Å². The predicted molar refractivity (Wildman–Crippen MR) is 113 cm³/mol. The van der Waals surface area contributed by atoms with Gasteiger partial charge in [0.15, 0.2) is 11.5 Å². The molecule has 3 heterocycles. The first-order valence-electron chi connectivity index (χ1n) is 10.5. The largest absolute Gasteiger partial charge is 0.494 e. The zero-order valence-electron chi connectivity index (χ0n) is 17.2. The van der Waals surface area contributed by atoms with Crippen LogP contribution >= 0.6 is 0 Å². The van der Waals surface area contributed by atoms with Gasteiger partial charge in [-0.1, -0.05) is 12.1 Å². The van der Waals surface area contributed by atoms with Crippen molar-refractivity contribution >= 4 is 11.6 Å². The summed E-state index contributed by atoms with van der Waals surface area (Å²) >= 11 is 0. The summed E-state index contributed by atoms with van der Waals surface area (Å²) in [6.45, 7) is 4.26. The van der Waals surface area contributed by atoms with Crippen LogP contribution in [0.5, 0.6) is 17.2 Å². The summed E-state index contributed by atoms with van der Waals surface area (Å²) in [5.74, 6) is 2.99. The van der Waals surface area contributed by atoms with E-state index in [1.165, 1.54) is 0 Å². The predicted octanol–water partition coefficient (Wildman–Crippen LogP) is 3.82. The van der Waals surface area contributed by atoms with Crippen molar-refractivity contribution in [3.8, 4) is 28.6 Å². The molecule has 0 aliphatic carbocycles. The van der Waals surface area contributed by atoms with Crippen LogP contribution < -0.4 is 19.1 Å². The molecule has 0 saturated carbocycles. The Morgan fingerprint density at radius 1 is 1.10 bits per heavy atom. The number of rotatable bonds is 6.